The highest BCUT2D eigenvalue weighted by atomic mass is 16.5. The second-order valence-electron chi connectivity index (χ2n) is 13.0. The molecule has 1 aromatic heterocycles. The summed E-state index contributed by atoms with van der Waals surface area (Å²) in [5.41, 5.74) is -1.21. The number of aliphatic hydroxyl groups is 2. The highest BCUT2D eigenvalue weighted by Gasteiger charge is 2.72. The molecule has 1 aromatic rings. The molecule has 5 nitrogen and oxygen atoms in total. The van der Waals surface area contributed by atoms with E-state index in [0.29, 0.717) is 30.8 Å². The van der Waals surface area contributed by atoms with Crippen LogP contribution in [0.3, 0.4) is 0 Å². The number of hydrogen-bond acceptors (Lipinski definition) is 5. The standard InChI is InChI=1S/C29H45NO4/c1-26-10-7-23(34-18-16-30-14-3-4-15-30)19-21(26)5-6-25-24(26)8-11-27(2)28(31,12-13-29(25,27)32)22-9-17-33-20-22/h9,17,20-21,23-25,31-32H,3-8,10-16,18-19H2,1-2H3/t21-,23-,24-,25+,26-,27+,28-,29-/m0/s1. The average molecular weight is 472 g/mol. The minimum absolute atomic E-state index is 0.279. The van der Waals surface area contributed by atoms with E-state index in [1.165, 1.54) is 45.2 Å². The highest BCUT2D eigenvalue weighted by molar-refractivity contribution is 5.30. The molecule has 8 atom stereocenters. The van der Waals surface area contributed by atoms with Crippen LogP contribution in [0.1, 0.15) is 90.0 Å². The van der Waals surface area contributed by atoms with Gasteiger partial charge in [0.15, 0.2) is 0 Å². The first-order valence-corrected chi connectivity index (χ1v) is 14.1. The van der Waals surface area contributed by atoms with Crippen molar-refractivity contribution in [1.29, 1.82) is 0 Å². The molecule has 0 unspecified atom stereocenters. The molecular formula is C29H45NO4. The Hall–Kier alpha value is -0.880. The topological polar surface area (TPSA) is 66.1 Å². The Morgan fingerprint density at radius 1 is 1.00 bits per heavy atom. The van der Waals surface area contributed by atoms with Crippen molar-refractivity contribution in [3.8, 4) is 0 Å². The molecule has 4 saturated carbocycles. The molecule has 5 aliphatic rings. The zero-order valence-electron chi connectivity index (χ0n) is 21.3. The van der Waals surface area contributed by atoms with Gasteiger partial charge in [0.25, 0.3) is 0 Å². The van der Waals surface area contributed by atoms with E-state index in [1.54, 1.807) is 12.5 Å². The molecule has 6 rings (SSSR count). The molecule has 4 aliphatic carbocycles. The molecule has 5 heteroatoms. The summed E-state index contributed by atoms with van der Waals surface area (Å²) in [6.07, 6.45) is 15.6. The van der Waals surface area contributed by atoms with E-state index < -0.39 is 16.6 Å². The van der Waals surface area contributed by atoms with Gasteiger partial charge in [0, 0.05) is 17.5 Å². The summed E-state index contributed by atoms with van der Waals surface area (Å²) in [6, 6.07) is 1.90. The van der Waals surface area contributed by atoms with E-state index in [9.17, 15) is 10.2 Å². The lowest BCUT2D eigenvalue weighted by Gasteiger charge is -2.64. The molecule has 1 saturated heterocycles. The Balaban J connectivity index is 1.16. The summed E-state index contributed by atoms with van der Waals surface area (Å²) in [7, 11) is 0. The smallest absolute Gasteiger partial charge is 0.101 e. The highest BCUT2D eigenvalue weighted by Crippen LogP contribution is 2.71. The summed E-state index contributed by atoms with van der Waals surface area (Å²) >= 11 is 0. The molecule has 0 spiro atoms. The fourth-order valence-electron chi connectivity index (χ4n) is 9.67. The zero-order chi connectivity index (χ0) is 23.6. The van der Waals surface area contributed by atoms with Crippen LogP contribution in [0.25, 0.3) is 0 Å². The fraction of sp³-hybridized carbons (Fsp3) is 0.862. The van der Waals surface area contributed by atoms with Crippen LogP contribution < -0.4 is 0 Å². The van der Waals surface area contributed by atoms with Gasteiger partial charge in [-0.1, -0.05) is 13.8 Å². The second-order valence-corrected chi connectivity index (χ2v) is 13.0. The first kappa shape index (κ1) is 23.5. The molecule has 5 fully saturated rings. The summed E-state index contributed by atoms with van der Waals surface area (Å²) in [5, 5.41) is 24.3. The molecular weight excluding hydrogens is 426 g/mol. The summed E-state index contributed by atoms with van der Waals surface area (Å²) < 4.78 is 11.8. The lowest BCUT2D eigenvalue weighted by atomic mass is 9.43. The summed E-state index contributed by atoms with van der Waals surface area (Å²) in [6.45, 7) is 9.14. The number of ether oxygens (including phenoxy) is 1. The third-order valence-electron chi connectivity index (χ3n) is 11.9. The third kappa shape index (κ3) is 3.26. The van der Waals surface area contributed by atoms with Gasteiger partial charge in [-0.05, 0) is 113 Å². The van der Waals surface area contributed by atoms with Crippen molar-refractivity contribution < 1.29 is 19.4 Å². The second kappa shape index (κ2) is 8.33. The fourth-order valence-corrected chi connectivity index (χ4v) is 9.67. The van der Waals surface area contributed by atoms with Gasteiger partial charge in [0.1, 0.15) is 5.60 Å². The van der Waals surface area contributed by atoms with Crippen LogP contribution in [0, 0.1) is 28.6 Å². The molecule has 2 heterocycles. The van der Waals surface area contributed by atoms with Crippen molar-refractivity contribution in [3.05, 3.63) is 24.2 Å². The predicted molar refractivity (Wildman–Crippen MR) is 131 cm³/mol. The van der Waals surface area contributed by atoms with Crippen LogP contribution in [0.15, 0.2) is 23.0 Å². The van der Waals surface area contributed by atoms with Crippen LogP contribution in [-0.2, 0) is 10.3 Å². The molecule has 0 amide bonds. The summed E-state index contributed by atoms with van der Waals surface area (Å²) in [5.74, 6) is 1.52. The van der Waals surface area contributed by atoms with Gasteiger partial charge in [0.2, 0.25) is 0 Å². The first-order chi connectivity index (χ1) is 16.3. The number of rotatable bonds is 5. The lowest BCUT2D eigenvalue weighted by molar-refractivity contribution is -0.239. The Morgan fingerprint density at radius 3 is 2.59 bits per heavy atom. The summed E-state index contributed by atoms with van der Waals surface area (Å²) in [4.78, 5) is 2.55. The van der Waals surface area contributed by atoms with Crippen molar-refractivity contribution >= 4 is 0 Å². The van der Waals surface area contributed by atoms with Crippen molar-refractivity contribution in [2.75, 3.05) is 26.2 Å². The number of likely N-dealkylation sites (tertiary alicyclic amines) is 1. The molecule has 0 aromatic carbocycles. The van der Waals surface area contributed by atoms with Gasteiger partial charge < -0.3 is 24.3 Å². The maximum Gasteiger partial charge on any atom is 0.101 e. The van der Waals surface area contributed by atoms with E-state index in [2.05, 4.69) is 18.7 Å². The van der Waals surface area contributed by atoms with Crippen molar-refractivity contribution in [2.24, 2.45) is 28.6 Å². The van der Waals surface area contributed by atoms with E-state index in [4.69, 9.17) is 9.15 Å². The number of fused-ring (bicyclic) bond motifs is 5. The monoisotopic (exact) mass is 471 g/mol. The molecule has 190 valence electrons. The number of nitrogens with zero attached hydrogens (tertiary/aromatic N) is 1. The predicted octanol–water partition coefficient (Wildman–Crippen LogP) is 5.11. The van der Waals surface area contributed by atoms with Crippen molar-refractivity contribution in [1.82, 2.24) is 4.90 Å². The maximum atomic E-state index is 12.4. The van der Waals surface area contributed by atoms with E-state index in [1.807, 2.05) is 6.07 Å². The third-order valence-corrected chi connectivity index (χ3v) is 11.9. The Kier molecular flexibility index (Phi) is 5.76. The van der Waals surface area contributed by atoms with Crippen molar-refractivity contribution in [2.45, 2.75) is 102 Å². The van der Waals surface area contributed by atoms with Gasteiger partial charge in [-0.3, -0.25) is 0 Å². The molecule has 2 N–H and O–H groups in total. The number of furan rings is 1. The van der Waals surface area contributed by atoms with Crippen LogP contribution in [0.2, 0.25) is 0 Å². The molecule has 0 bridgehead atoms. The van der Waals surface area contributed by atoms with Crippen LogP contribution in [0.4, 0.5) is 0 Å². The van der Waals surface area contributed by atoms with Gasteiger partial charge in [-0.25, -0.2) is 0 Å². The Labute approximate surface area is 205 Å². The van der Waals surface area contributed by atoms with E-state index >= 15 is 0 Å². The quantitative estimate of drug-likeness (QED) is 0.625. The average Bonchev–Trinajstić information content (AvgIpc) is 3.57. The minimum Gasteiger partial charge on any atom is -0.472 e. The molecule has 1 aliphatic heterocycles. The normalized spacial score (nSPS) is 48.9. The van der Waals surface area contributed by atoms with Gasteiger partial charge in [-0.15, -0.1) is 0 Å². The van der Waals surface area contributed by atoms with Crippen LogP contribution in [0.5, 0.6) is 0 Å². The molecule has 0 radical (unpaired) electrons. The minimum atomic E-state index is -1.00. The van der Waals surface area contributed by atoms with Crippen molar-refractivity contribution in [3.63, 3.8) is 0 Å². The largest absolute Gasteiger partial charge is 0.472 e. The van der Waals surface area contributed by atoms with Gasteiger partial charge in [-0.2, -0.15) is 0 Å². The lowest BCUT2D eigenvalue weighted by Crippen LogP contribution is -2.64. The SMILES string of the molecule is C[C@]12CC[C@H](OCCN3CCCC3)C[C@@H]1CC[C@@H]1[C@@H]2CC[C@]2(C)[C@@](O)(c3ccoc3)CC[C@]12O. The molecule has 34 heavy (non-hydrogen) atoms. The van der Waals surface area contributed by atoms with Crippen LogP contribution in [-0.4, -0.2) is 53.1 Å². The van der Waals surface area contributed by atoms with Gasteiger partial charge >= 0.3 is 0 Å². The maximum absolute atomic E-state index is 12.4. The van der Waals surface area contributed by atoms with Gasteiger partial charge in [0.05, 0.1) is 30.8 Å². The number of hydrogen-bond donors (Lipinski definition) is 2. The van der Waals surface area contributed by atoms with E-state index in [-0.39, 0.29) is 11.3 Å². The van der Waals surface area contributed by atoms with Crippen LogP contribution >= 0.6 is 0 Å². The Bertz CT molecular complexity index is 867. The van der Waals surface area contributed by atoms with E-state index in [0.717, 1.165) is 44.4 Å². The zero-order valence-corrected chi connectivity index (χ0v) is 21.3. The Morgan fingerprint density at radius 2 is 1.82 bits per heavy atom. The first-order valence-electron chi connectivity index (χ1n) is 14.1.